The minimum Gasteiger partial charge on any atom is -0.508 e. The SMILES string of the molecule is CC(NCCc1cnn(C)c1)c1cccc(O)c1. The highest BCUT2D eigenvalue weighted by atomic mass is 16.3. The summed E-state index contributed by atoms with van der Waals surface area (Å²) in [5.41, 5.74) is 2.33. The van der Waals surface area contributed by atoms with Crippen LogP contribution in [0.3, 0.4) is 0 Å². The van der Waals surface area contributed by atoms with Gasteiger partial charge < -0.3 is 10.4 Å². The average molecular weight is 245 g/mol. The Morgan fingerprint density at radius 1 is 1.44 bits per heavy atom. The number of aryl methyl sites for hydroxylation is 1. The summed E-state index contributed by atoms with van der Waals surface area (Å²) in [5, 5.41) is 17.0. The normalized spacial score (nSPS) is 12.6. The standard InChI is InChI=1S/C14H19N3O/c1-11(13-4-3-5-14(18)8-13)15-7-6-12-9-16-17(2)10-12/h3-5,8-11,15,18H,6-7H2,1-2H3. The number of phenols is 1. The van der Waals surface area contributed by atoms with Crippen LogP contribution < -0.4 is 5.32 Å². The summed E-state index contributed by atoms with van der Waals surface area (Å²) in [6.45, 7) is 2.99. The molecule has 2 rings (SSSR count). The van der Waals surface area contributed by atoms with Crippen molar-refractivity contribution in [1.29, 1.82) is 0 Å². The Hall–Kier alpha value is -1.81. The summed E-state index contributed by atoms with van der Waals surface area (Å²) >= 11 is 0. The number of hydrogen-bond acceptors (Lipinski definition) is 3. The molecule has 96 valence electrons. The van der Waals surface area contributed by atoms with Crippen molar-refractivity contribution < 1.29 is 5.11 Å². The van der Waals surface area contributed by atoms with Crippen LogP contribution >= 0.6 is 0 Å². The Morgan fingerprint density at radius 2 is 2.28 bits per heavy atom. The minimum absolute atomic E-state index is 0.230. The smallest absolute Gasteiger partial charge is 0.115 e. The second-order valence-electron chi connectivity index (χ2n) is 4.54. The predicted molar refractivity (Wildman–Crippen MR) is 71.4 cm³/mol. The van der Waals surface area contributed by atoms with E-state index in [1.165, 1.54) is 5.56 Å². The third kappa shape index (κ3) is 3.34. The molecule has 4 heteroatoms. The zero-order chi connectivity index (χ0) is 13.0. The Kier molecular flexibility index (Phi) is 3.99. The van der Waals surface area contributed by atoms with E-state index in [4.69, 9.17) is 0 Å². The monoisotopic (exact) mass is 245 g/mol. The molecule has 0 saturated carbocycles. The molecular weight excluding hydrogens is 226 g/mol. The van der Waals surface area contributed by atoms with E-state index >= 15 is 0 Å². The molecule has 0 aliphatic rings. The van der Waals surface area contributed by atoms with Crippen molar-refractivity contribution in [3.8, 4) is 5.75 Å². The van der Waals surface area contributed by atoms with Gasteiger partial charge in [-0.1, -0.05) is 12.1 Å². The molecule has 0 bridgehead atoms. The largest absolute Gasteiger partial charge is 0.508 e. The molecule has 0 aliphatic carbocycles. The highest BCUT2D eigenvalue weighted by Gasteiger charge is 2.05. The summed E-state index contributed by atoms with van der Waals surface area (Å²) in [5.74, 6) is 0.313. The van der Waals surface area contributed by atoms with Crippen molar-refractivity contribution in [2.24, 2.45) is 7.05 Å². The van der Waals surface area contributed by atoms with Crippen LogP contribution in [0, 0.1) is 0 Å². The molecular formula is C14H19N3O. The second-order valence-corrected chi connectivity index (χ2v) is 4.54. The highest BCUT2D eigenvalue weighted by Crippen LogP contribution is 2.17. The van der Waals surface area contributed by atoms with E-state index in [9.17, 15) is 5.11 Å². The maximum atomic E-state index is 9.43. The van der Waals surface area contributed by atoms with E-state index < -0.39 is 0 Å². The molecule has 4 nitrogen and oxygen atoms in total. The number of phenolic OH excluding ortho intramolecular Hbond substituents is 1. The van der Waals surface area contributed by atoms with Crippen LogP contribution in [0.15, 0.2) is 36.7 Å². The summed E-state index contributed by atoms with van der Waals surface area (Å²) in [7, 11) is 1.92. The van der Waals surface area contributed by atoms with Crippen molar-refractivity contribution >= 4 is 0 Å². The summed E-state index contributed by atoms with van der Waals surface area (Å²) in [4.78, 5) is 0. The van der Waals surface area contributed by atoms with E-state index in [1.807, 2.05) is 36.3 Å². The van der Waals surface area contributed by atoms with E-state index in [0.717, 1.165) is 18.5 Å². The molecule has 1 aromatic heterocycles. The van der Waals surface area contributed by atoms with Crippen LogP contribution in [-0.2, 0) is 13.5 Å². The first kappa shape index (κ1) is 12.6. The van der Waals surface area contributed by atoms with Gasteiger partial charge >= 0.3 is 0 Å². The lowest BCUT2D eigenvalue weighted by atomic mass is 10.1. The molecule has 2 aromatic rings. The van der Waals surface area contributed by atoms with Crippen molar-refractivity contribution in [1.82, 2.24) is 15.1 Å². The molecule has 1 heterocycles. The first-order chi connectivity index (χ1) is 8.65. The minimum atomic E-state index is 0.230. The Morgan fingerprint density at radius 3 is 2.94 bits per heavy atom. The lowest BCUT2D eigenvalue weighted by Crippen LogP contribution is -2.21. The lowest BCUT2D eigenvalue weighted by Gasteiger charge is -2.14. The van der Waals surface area contributed by atoms with Gasteiger partial charge in [0.05, 0.1) is 6.20 Å². The molecule has 1 atom stereocenters. The molecule has 0 amide bonds. The Labute approximate surface area is 107 Å². The number of aromatic hydroxyl groups is 1. The van der Waals surface area contributed by atoms with E-state index in [1.54, 1.807) is 12.1 Å². The average Bonchev–Trinajstić information content (AvgIpc) is 2.75. The van der Waals surface area contributed by atoms with Gasteiger partial charge in [0.1, 0.15) is 5.75 Å². The number of nitrogens with one attached hydrogen (secondary N) is 1. The topological polar surface area (TPSA) is 50.1 Å². The van der Waals surface area contributed by atoms with E-state index in [0.29, 0.717) is 5.75 Å². The van der Waals surface area contributed by atoms with Gasteiger partial charge in [0.15, 0.2) is 0 Å². The van der Waals surface area contributed by atoms with Crippen molar-refractivity contribution in [2.75, 3.05) is 6.54 Å². The summed E-state index contributed by atoms with van der Waals surface area (Å²) in [6, 6.07) is 7.59. The van der Waals surface area contributed by atoms with Gasteiger partial charge in [-0.2, -0.15) is 5.10 Å². The van der Waals surface area contributed by atoms with Gasteiger partial charge in [0.25, 0.3) is 0 Å². The third-order valence-corrected chi connectivity index (χ3v) is 2.99. The van der Waals surface area contributed by atoms with Crippen LogP contribution in [-0.4, -0.2) is 21.4 Å². The Bertz CT molecular complexity index is 507. The van der Waals surface area contributed by atoms with Crippen LogP contribution in [0.5, 0.6) is 5.75 Å². The fourth-order valence-electron chi connectivity index (χ4n) is 1.95. The first-order valence-corrected chi connectivity index (χ1v) is 6.15. The van der Waals surface area contributed by atoms with Crippen LogP contribution in [0.25, 0.3) is 0 Å². The number of hydrogen-bond donors (Lipinski definition) is 2. The zero-order valence-corrected chi connectivity index (χ0v) is 10.8. The number of benzene rings is 1. The van der Waals surface area contributed by atoms with Crippen LogP contribution in [0.2, 0.25) is 0 Å². The quantitative estimate of drug-likeness (QED) is 0.847. The van der Waals surface area contributed by atoms with Crippen LogP contribution in [0.1, 0.15) is 24.1 Å². The maximum Gasteiger partial charge on any atom is 0.115 e. The van der Waals surface area contributed by atoms with Gasteiger partial charge in [-0.15, -0.1) is 0 Å². The number of aromatic nitrogens is 2. The number of rotatable bonds is 5. The third-order valence-electron chi connectivity index (χ3n) is 2.99. The second kappa shape index (κ2) is 5.69. The molecule has 18 heavy (non-hydrogen) atoms. The van der Waals surface area contributed by atoms with E-state index in [2.05, 4.69) is 17.3 Å². The van der Waals surface area contributed by atoms with Crippen LogP contribution in [0.4, 0.5) is 0 Å². The van der Waals surface area contributed by atoms with Gasteiger partial charge in [-0.25, -0.2) is 0 Å². The maximum absolute atomic E-state index is 9.43. The molecule has 0 aliphatic heterocycles. The van der Waals surface area contributed by atoms with Gasteiger partial charge in [-0.05, 0) is 43.1 Å². The first-order valence-electron chi connectivity index (χ1n) is 6.15. The molecule has 1 aromatic carbocycles. The summed E-state index contributed by atoms with van der Waals surface area (Å²) in [6.07, 6.45) is 4.87. The zero-order valence-electron chi connectivity index (χ0n) is 10.8. The van der Waals surface area contributed by atoms with Crippen molar-refractivity contribution in [2.45, 2.75) is 19.4 Å². The molecule has 0 spiro atoms. The Balaban J connectivity index is 1.83. The number of nitrogens with zero attached hydrogens (tertiary/aromatic N) is 2. The van der Waals surface area contributed by atoms with Gasteiger partial charge in [0.2, 0.25) is 0 Å². The molecule has 0 radical (unpaired) electrons. The predicted octanol–water partition coefficient (Wildman–Crippen LogP) is 2.02. The molecule has 0 fully saturated rings. The van der Waals surface area contributed by atoms with Crippen molar-refractivity contribution in [3.05, 3.63) is 47.8 Å². The molecule has 0 saturated heterocycles. The molecule has 2 N–H and O–H groups in total. The highest BCUT2D eigenvalue weighted by molar-refractivity contribution is 5.29. The van der Waals surface area contributed by atoms with Crippen molar-refractivity contribution in [3.63, 3.8) is 0 Å². The lowest BCUT2D eigenvalue weighted by molar-refractivity contribution is 0.472. The van der Waals surface area contributed by atoms with E-state index in [-0.39, 0.29) is 6.04 Å². The van der Waals surface area contributed by atoms with Gasteiger partial charge in [0, 0.05) is 19.3 Å². The fourth-order valence-corrected chi connectivity index (χ4v) is 1.95. The fraction of sp³-hybridized carbons (Fsp3) is 0.357. The molecule has 1 unspecified atom stereocenters. The summed E-state index contributed by atoms with van der Waals surface area (Å²) < 4.78 is 1.81. The van der Waals surface area contributed by atoms with Gasteiger partial charge in [-0.3, -0.25) is 4.68 Å².